The molecular weight excluding hydrogens is 392 g/mol. The first-order valence-corrected chi connectivity index (χ1v) is 9.74. The summed E-state index contributed by atoms with van der Waals surface area (Å²) in [5.74, 6) is 1.05. The van der Waals surface area contributed by atoms with E-state index in [1.165, 1.54) is 22.7 Å². The predicted molar refractivity (Wildman–Crippen MR) is 107 cm³/mol. The fourth-order valence-electron chi connectivity index (χ4n) is 2.53. The minimum Gasteiger partial charge on any atom is -0.493 e. The van der Waals surface area contributed by atoms with Crippen LogP contribution in [0.4, 0.5) is 0 Å². The first-order valence-electron chi connectivity index (χ1n) is 7.73. The molecule has 0 fully saturated rings. The number of hydrogen-bond acceptors (Lipinski definition) is 5. The van der Waals surface area contributed by atoms with E-state index in [2.05, 4.69) is 11.6 Å². The summed E-state index contributed by atoms with van der Waals surface area (Å²) in [5, 5.41) is 0. The minimum absolute atomic E-state index is 0.216. The number of thiazole rings is 1. The van der Waals surface area contributed by atoms with Crippen molar-refractivity contribution in [2.75, 3.05) is 14.2 Å². The van der Waals surface area contributed by atoms with E-state index in [4.69, 9.17) is 21.1 Å². The summed E-state index contributed by atoms with van der Waals surface area (Å²) in [6.45, 7) is 4.33. The van der Waals surface area contributed by atoms with E-state index < -0.39 is 0 Å². The molecule has 0 saturated carbocycles. The standard InChI is InChI=1S/C18H17ClN2O3S2/c1-4-7-21-12-9-13(23-2)14(24-3)10-15(12)26-18(21)20-17(22)8-11-5-6-16(19)25-11/h4-6,9-10H,1,7-8H2,2-3H3. The van der Waals surface area contributed by atoms with Crippen LogP contribution in [0.5, 0.6) is 11.5 Å². The van der Waals surface area contributed by atoms with Gasteiger partial charge in [0, 0.05) is 23.6 Å². The average Bonchev–Trinajstić information content (AvgIpc) is 3.17. The lowest BCUT2D eigenvalue weighted by molar-refractivity contribution is -0.117. The van der Waals surface area contributed by atoms with Crippen LogP contribution in [0.3, 0.4) is 0 Å². The van der Waals surface area contributed by atoms with Crippen LogP contribution >= 0.6 is 34.3 Å². The second-order valence-corrected chi connectivity index (χ2v) is 8.16. The number of aromatic nitrogens is 1. The van der Waals surface area contributed by atoms with E-state index in [1.54, 1.807) is 26.4 Å². The highest BCUT2D eigenvalue weighted by Gasteiger charge is 2.13. The molecule has 0 aliphatic rings. The molecule has 0 aliphatic carbocycles. The minimum atomic E-state index is -0.216. The Kier molecular flexibility index (Phi) is 5.80. The fraction of sp³-hybridized carbons (Fsp3) is 0.222. The van der Waals surface area contributed by atoms with E-state index in [1.807, 2.05) is 22.8 Å². The van der Waals surface area contributed by atoms with Crippen molar-refractivity contribution in [2.24, 2.45) is 4.99 Å². The van der Waals surface area contributed by atoms with Gasteiger partial charge in [-0.3, -0.25) is 4.79 Å². The Labute approximate surface area is 163 Å². The molecule has 1 amide bonds. The molecule has 0 spiro atoms. The monoisotopic (exact) mass is 408 g/mol. The quantitative estimate of drug-likeness (QED) is 0.571. The highest BCUT2D eigenvalue weighted by molar-refractivity contribution is 7.16. The number of halogens is 1. The highest BCUT2D eigenvalue weighted by atomic mass is 35.5. The predicted octanol–water partition coefficient (Wildman–Crippen LogP) is 4.29. The number of rotatable bonds is 6. The van der Waals surface area contributed by atoms with E-state index in [9.17, 15) is 4.79 Å². The first kappa shape index (κ1) is 18.7. The number of thiophene rings is 1. The maximum Gasteiger partial charge on any atom is 0.253 e. The first-order chi connectivity index (χ1) is 12.5. The van der Waals surface area contributed by atoms with Crippen molar-refractivity contribution in [2.45, 2.75) is 13.0 Å². The number of benzene rings is 1. The van der Waals surface area contributed by atoms with Gasteiger partial charge in [-0.15, -0.1) is 17.9 Å². The zero-order valence-electron chi connectivity index (χ0n) is 14.3. The van der Waals surface area contributed by atoms with Crippen molar-refractivity contribution in [1.29, 1.82) is 0 Å². The second kappa shape index (κ2) is 8.07. The average molecular weight is 409 g/mol. The van der Waals surface area contributed by atoms with Crippen LogP contribution in [-0.2, 0) is 17.8 Å². The Balaban J connectivity index is 2.07. The molecule has 0 bridgehead atoms. The van der Waals surface area contributed by atoms with Crippen LogP contribution in [0, 0.1) is 0 Å². The van der Waals surface area contributed by atoms with Crippen molar-refractivity contribution in [1.82, 2.24) is 4.57 Å². The van der Waals surface area contributed by atoms with Crippen LogP contribution in [0.15, 0.2) is 41.9 Å². The Morgan fingerprint density at radius 2 is 2.00 bits per heavy atom. The van der Waals surface area contributed by atoms with Gasteiger partial charge in [-0.05, 0) is 12.1 Å². The lowest BCUT2D eigenvalue weighted by Crippen LogP contribution is -2.16. The van der Waals surface area contributed by atoms with E-state index >= 15 is 0 Å². The number of carbonyl (C=O) groups excluding carboxylic acids is 1. The zero-order chi connectivity index (χ0) is 18.7. The van der Waals surface area contributed by atoms with Crippen LogP contribution < -0.4 is 14.3 Å². The SMILES string of the molecule is C=CCn1c(=NC(=O)Cc2ccc(Cl)s2)sc2cc(OC)c(OC)cc21. The Morgan fingerprint density at radius 3 is 2.62 bits per heavy atom. The van der Waals surface area contributed by atoms with Crippen molar-refractivity contribution >= 4 is 50.4 Å². The lowest BCUT2D eigenvalue weighted by atomic mass is 10.3. The van der Waals surface area contributed by atoms with Crippen LogP contribution in [0.2, 0.25) is 4.34 Å². The molecule has 136 valence electrons. The van der Waals surface area contributed by atoms with Crippen molar-refractivity contribution < 1.29 is 14.3 Å². The molecule has 1 aromatic carbocycles. The number of ether oxygens (including phenoxy) is 2. The van der Waals surface area contributed by atoms with Gasteiger partial charge in [-0.25, -0.2) is 0 Å². The molecule has 0 atom stereocenters. The Hall–Kier alpha value is -2.09. The van der Waals surface area contributed by atoms with Crippen LogP contribution in [0.1, 0.15) is 4.88 Å². The number of fused-ring (bicyclic) bond motifs is 1. The molecule has 0 aliphatic heterocycles. The number of allylic oxidation sites excluding steroid dienone is 1. The van der Waals surface area contributed by atoms with Gasteiger partial charge in [0.25, 0.3) is 5.91 Å². The third kappa shape index (κ3) is 3.85. The molecule has 2 aromatic heterocycles. The maximum atomic E-state index is 12.4. The van der Waals surface area contributed by atoms with E-state index in [-0.39, 0.29) is 12.3 Å². The van der Waals surface area contributed by atoms with Crippen molar-refractivity contribution in [3.8, 4) is 11.5 Å². The normalized spacial score (nSPS) is 11.7. The molecule has 3 rings (SSSR count). The van der Waals surface area contributed by atoms with Gasteiger partial charge in [0.15, 0.2) is 16.3 Å². The van der Waals surface area contributed by atoms with Crippen LogP contribution in [-0.4, -0.2) is 24.7 Å². The summed E-state index contributed by atoms with van der Waals surface area (Å²) in [7, 11) is 3.19. The number of methoxy groups -OCH3 is 2. The molecule has 0 saturated heterocycles. The number of hydrogen-bond donors (Lipinski definition) is 0. The maximum absolute atomic E-state index is 12.4. The largest absolute Gasteiger partial charge is 0.493 e. The van der Waals surface area contributed by atoms with Gasteiger partial charge in [0.05, 0.1) is 35.2 Å². The van der Waals surface area contributed by atoms with Gasteiger partial charge in [-0.2, -0.15) is 4.99 Å². The molecule has 26 heavy (non-hydrogen) atoms. The zero-order valence-corrected chi connectivity index (χ0v) is 16.7. The number of amides is 1. The molecule has 0 N–H and O–H groups in total. The van der Waals surface area contributed by atoms with Crippen molar-refractivity contribution in [3.05, 3.63) is 50.9 Å². The van der Waals surface area contributed by atoms with Crippen LogP contribution in [0.25, 0.3) is 10.2 Å². The summed E-state index contributed by atoms with van der Waals surface area (Å²) >= 11 is 8.73. The summed E-state index contributed by atoms with van der Waals surface area (Å²) in [6, 6.07) is 7.40. The van der Waals surface area contributed by atoms with Gasteiger partial charge < -0.3 is 14.0 Å². The third-order valence-electron chi connectivity index (χ3n) is 3.67. The summed E-state index contributed by atoms with van der Waals surface area (Å²) in [4.78, 5) is 18.2. The van der Waals surface area contributed by atoms with E-state index in [0.29, 0.717) is 27.2 Å². The van der Waals surface area contributed by atoms with Crippen molar-refractivity contribution in [3.63, 3.8) is 0 Å². The third-order valence-corrected chi connectivity index (χ3v) is 5.95. The van der Waals surface area contributed by atoms with E-state index in [0.717, 1.165) is 15.1 Å². The molecule has 8 heteroatoms. The molecular formula is C18H17ClN2O3S2. The number of nitrogens with zero attached hydrogens (tertiary/aromatic N) is 2. The molecule has 2 heterocycles. The second-order valence-electron chi connectivity index (χ2n) is 5.35. The van der Waals surface area contributed by atoms with Gasteiger partial charge in [0.2, 0.25) is 0 Å². The summed E-state index contributed by atoms with van der Waals surface area (Å²) in [6.07, 6.45) is 2.00. The van der Waals surface area contributed by atoms with Gasteiger partial charge >= 0.3 is 0 Å². The van der Waals surface area contributed by atoms with Gasteiger partial charge in [0.1, 0.15) is 0 Å². The molecule has 0 unspecified atom stereocenters. The Morgan fingerprint density at radius 1 is 1.27 bits per heavy atom. The fourth-order valence-corrected chi connectivity index (χ4v) is 4.67. The summed E-state index contributed by atoms with van der Waals surface area (Å²) < 4.78 is 14.3. The smallest absolute Gasteiger partial charge is 0.253 e. The molecule has 5 nitrogen and oxygen atoms in total. The van der Waals surface area contributed by atoms with Gasteiger partial charge in [-0.1, -0.05) is 29.0 Å². The summed E-state index contributed by atoms with van der Waals surface area (Å²) in [5.41, 5.74) is 0.915. The molecule has 0 radical (unpaired) electrons. The Bertz CT molecular complexity index is 1030. The molecule has 3 aromatic rings. The highest BCUT2D eigenvalue weighted by Crippen LogP contribution is 2.33. The topological polar surface area (TPSA) is 52.8 Å². The lowest BCUT2D eigenvalue weighted by Gasteiger charge is -2.08. The number of carbonyl (C=O) groups is 1.